The molecule has 4 N–H and O–H groups in total. The van der Waals surface area contributed by atoms with Crippen LogP contribution in [0.25, 0.3) is 57.5 Å². The van der Waals surface area contributed by atoms with Gasteiger partial charge in [0.05, 0.1) is 22.8 Å². The largest absolute Gasteiger partial charge is 0.412 e. The minimum atomic E-state index is 0. The molecular formula is C27H22N4O. The molecule has 0 atom stereocenters. The van der Waals surface area contributed by atoms with Crippen molar-refractivity contribution in [3.05, 3.63) is 95.1 Å². The van der Waals surface area contributed by atoms with Crippen LogP contribution in [-0.4, -0.2) is 25.4 Å². The van der Waals surface area contributed by atoms with Crippen molar-refractivity contribution in [3.8, 4) is 11.1 Å². The molecule has 0 aliphatic carbocycles. The van der Waals surface area contributed by atoms with Gasteiger partial charge in [-0.05, 0) is 79.3 Å². The van der Waals surface area contributed by atoms with Gasteiger partial charge in [0, 0.05) is 27.6 Å². The van der Waals surface area contributed by atoms with Gasteiger partial charge in [-0.1, -0.05) is 29.8 Å². The summed E-state index contributed by atoms with van der Waals surface area (Å²) in [6.07, 6.45) is 8.17. The number of hydrogen-bond donors (Lipinski definition) is 2. The zero-order valence-electron chi connectivity index (χ0n) is 17.6. The van der Waals surface area contributed by atoms with E-state index >= 15 is 0 Å². The topological polar surface area (TPSA) is 88.9 Å². The number of fused-ring (bicyclic) bond motifs is 8. The van der Waals surface area contributed by atoms with E-state index in [0.29, 0.717) is 0 Å². The highest BCUT2D eigenvalue weighted by molar-refractivity contribution is 5.87. The van der Waals surface area contributed by atoms with Crippen LogP contribution in [0.4, 0.5) is 0 Å². The molecule has 0 amide bonds. The van der Waals surface area contributed by atoms with E-state index < -0.39 is 0 Å². The fraction of sp³-hybridized carbons (Fsp3) is 0.0370. The van der Waals surface area contributed by atoms with E-state index in [1.165, 1.54) is 11.1 Å². The molecule has 5 heterocycles. The van der Waals surface area contributed by atoms with Crippen molar-refractivity contribution >= 4 is 46.4 Å². The molecule has 2 aliphatic heterocycles. The molecule has 5 nitrogen and oxygen atoms in total. The van der Waals surface area contributed by atoms with Gasteiger partial charge in [-0.2, -0.15) is 0 Å². The summed E-state index contributed by atoms with van der Waals surface area (Å²) in [5, 5.41) is 0. The van der Waals surface area contributed by atoms with E-state index in [9.17, 15) is 0 Å². The maximum Gasteiger partial charge on any atom is 0.0658 e. The third-order valence-electron chi connectivity index (χ3n) is 5.53. The number of aryl methyl sites for hydroxylation is 1. The summed E-state index contributed by atoms with van der Waals surface area (Å²) >= 11 is 0. The number of nitrogens with one attached hydrogen (secondary N) is 2. The Kier molecular flexibility index (Phi) is 4.81. The Morgan fingerprint density at radius 2 is 1.09 bits per heavy atom. The second-order valence-corrected chi connectivity index (χ2v) is 7.95. The minimum Gasteiger partial charge on any atom is -0.412 e. The highest BCUT2D eigenvalue weighted by Crippen LogP contribution is 2.28. The van der Waals surface area contributed by atoms with E-state index in [1.54, 1.807) is 0 Å². The Bertz CT molecular complexity index is 1540. The Morgan fingerprint density at radius 1 is 0.562 bits per heavy atom. The Morgan fingerprint density at radius 3 is 1.69 bits per heavy atom. The van der Waals surface area contributed by atoms with Crippen molar-refractivity contribution in [2.75, 3.05) is 0 Å². The van der Waals surface area contributed by atoms with Gasteiger partial charge in [0.15, 0.2) is 0 Å². The first-order valence-corrected chi connectivity index (χ1v) is 10.3. The summed E-state index contributed by atoms with van der Waals surface area (Å²) in [6.45, 7) is 2.11. The second kappa shape index (κ2) is 7.80. The van der Waals surface area contributed by atoms with E-state index in [2.05, 4.69) is 83.6 Å². The number of nitrogens with zero attached hydrogens (tertiary/aromatic N) is 2. The number of hydrogen-bond acceptors (Lipinski definition) is 2. The smallest absolute Gasteiger partial charge is 0.0658 e. The molecule has 3 aromatic heterocycles. The summed E-state index contributed by atoms with van der Waals surface area (Å²) in [5.41, 5.74) is 11.4. The second-order valence-electron chi connectivity index (χ2n) is 7.95. The van der Waals surface area contributed by atoms with Crippen molar-refractivity contribution in [1.82, 2.24) is 19.9 Å². The van der Waals surface area contributed by atoms with Crippen molar-refractivity contribution in [2.24, 2.45) is 0 Å². The lowest BCUT2D eigenvalue weighted by molar-refractivity contribution is 0.824. The lowest BCUT2D eigenvalue weighted by Gasteiger charge is -1.99. The number of H-pyrrole nitrogens is 2. The third-order valence-corrected chi connectivity index (χ3v) is 5.53. The highest BCUT2D eigenvalue weighted by atomic mass is 16.0. The van der Waals surface area contributed by atoms with Crippen LogP contribution in [0.2, 0.25) is 0 Å². The van der Waals surface area contributed by atoms with Crippen molar-refractivity contribution in [2.45, 2.75) is 6.92 Å². The molecule has 8 bridgehead atoms. The number of rotatable bonds is 1. The van der Waals surface area contributed by atoms with Crippen LogP contribution >= 0.6 is 0 Å². The molecule has 0 spiro atoms. The molecule has 0 unspecified atom stereocenters. The fourth-order valence-electron chi connectivity index (χ4n) is 3.99. The van der Waals surface area contributed by atoms with Gasteiger partial charge in [0.25, 0.3) is 0 Å². The molecule has 0 radical (unpaired) electrons. The SMILES string of the molecule is Cc1ccc(-c2cc3cc4nc(cc5ccc(cc6nc(cc2[nH]3)C=C6)[nH]5)C=C4)cc1.O. The molecule has 32 heavy (non-hydrogen) atoms. The Balaban J connectivity index is 0.00000216. The Labute approximate surface area is 185 Å². The summed E-state index contributed by atoms with van der Waals surface area (Å²) < 4.78 is 0. The van der Waals surface area contributed by atoms with Crippen molar-refractivity contribution in [3.63, 3.8) is 0 Å². The van der Waals surface area contributed by atoms with Crippen LogP contribution in [0.1, 0.15) is 28.3 Å². The average Bonchev–Trinajstić information content (AvgIpc) is 3.54. The third kappa shape index (κ3) is 3.77. The lowest BCUT2D eigenvalue weighted by atomic mass is 10.1. The fourth-order valence-corrected chi connectivity index (χ4v) is 3.99. The number of aromatic nitrogens is 4. The predicted octanol–water partition coefficient (Wildman–Crippen LogP) is 5.81. The molecule has 1 aromatic carbocycles. The van der Waals surface area contributed by atoms with Gasteiger partial charge in [0.2, 0.25) is 0 Å². The average molecular weight is 419 g/mol. The molecule has 4 aromatic rings. The van der Waals surface area contributed by atoms with Crippen LogP contribution in [-0.2, 0) is 0 Å². The molecule has 5 heteroatoms. The van der Waals surface area contributed by atoms with Crippen LogP contribution < -0.4 is 0 Å². The normalized spacial score (nSPS) is 12.0. The Hall–Kier alpha value is -4.22. The van der Waals surface area contributed by atoms with Crippen LogP contribution in [0.3, 0.4) is 0 Å². The lowest BCUT2D eigenvalue weighted by Crippen LogP contribution is -1.78. The van der Waals surface area contributed by atoms with Gasteiger partial charge < -0.3 is 15.4 Å². The van der Waals surface area contributed by atoms with Crippen molar-refractivity contribution in [1.29, 1.82) is 0 Å². The van der Waals surface area contributed by atoms with Gasteiger partial charge in [-0.25, -0.2) is 9.97 Å². The maximum absolute atomic E-state index is 4.78. The van der Waals surface area contributed by atoms with E-state index in [1.807, 2.05) is 24.3 Å². The van der Waals surface area contributed by atoms with E-state index in [-0.39, 0.29) is 5.48 Å². The molecular weight excluding hydrogens is 396 g/mol. The first-order valence-electron chi connectivity index (χ1n) is 10.3. The summed E-state index contributed by atoms with van der Waals surface area (Å²) in [4.78, 5) is 16.5. The first kappa shape index (κ1) is 19.7. The monoisotopic (exact) mass is 418 g/mol. The molecule has 0 saturated carbocycles. The molecule has 0 saturated heterocycles. The van der Waals surface area contributed by atoms with Gasteiger partial charge in [-0.3, -0.25) is 0 Å². The zero-order valence-corrected chi connectivity index (χ0v) is 17.6. The quantitative estimate of drug-likeness (QED) is 0.353. The van der Waals surface area contributed by atoms with Crippen LogP contribution in [0, 0.1) is 6.92 Å². The van der Waals surface area contributed by atoms with Gasteiger partial charge in [-0.15, -0.1) is 0 Å². The first-order chi connectivity index (χ1) is 15.2. The van der Waals surface area contributed by atoms with E-state index in [0.717, 1.165) is 50.4 Å². The summed E-state index contributed by atoms with van der Waals surface area (Å²) in [7, 11) is 0. The van der Waals surface area contributed by atoms with Gasteiger partial charge in [0.1, 0.15) is 0 Å². The molecule has 0 fully saturated rings. The van der Waals surface area contributed by atoms with Crippen LogP contribution in [0.5, 0.6) is 0 Å². The predicted molar refractivity (Wildman–Crippen MR) is 133 cm³/mol. The molecule has 2 aliphatic rings. The number of aromatic amines is 2. The van der Waals surface area contributed by atoms with Crippen LogP contribution in [0.15, 0.2) is 66.7 Å². The summed E-state index contributed by atoms with van der Waals surface area (Å²) in [6, 6.07) is 23.2. The maximum atomic E-state index is 4.78. The highest BCUT2D eigenvalue weighted by Gasteiger charge is 2.07. The minimum absolute atomic E-state index is 0. The zero-order chi connectivity index (χ0) is 20.8. The van der Waals surface area contributed by atoms with Crippen molar-refractivity contribution < 1.29 is 5.48 Å². The summed E-state index contributed by atoms with van der Waals surface area (Å²) in [5.74, 6) is 0. The van der Waals surface area contributed by atoms with Gasteiger partial charge >= 0.3 is 0 Å². The standard InChI is InChI=1S/C27H20N4.H2O/c1-17-2-4-18(5-3-17)26-15-25-14-23-9-8-21(29-23)12-19-6-7-20(28-19)13-22-10-11-24(30-22)16-27(26)31-25;/h2-16,28,31H,1H3;1H2. The molecule has 156 valence electrons. The van der Waals surface area contributed by atoms with E-state index in [4.69, 9.17) is 9.97 Å². The number of benzene rings is 1. The molecule has 6 rings (SSSR count).